The van der Waals surface area contributed by atoms with Crippen molar-refractivity contribution in [3.8, 4) is 0 Å². The Hall–Kier alpha value is -1.16. The maximum atomic E-state index is 6.27. The average molecular weight is 331 g/mol. The molecule has 0 N–H and O–H groups in total. The molecule has 1 heterocycles. The lowest BCUT2D eigenvalue weighted by atomic mass is 10.2. The molecule has 114 valence electrons. The summed E-state index contributed by atoms with van der Waals surface area (Å²) in [4.78, 5) is 7.45. The third-order valence-electron chi connectivity index (χ3n) is 4.34. The molecule has 1 fully saturated rings. The maximum Gasteiger partial charge on any atom is 0.0570 e. The van der Waals surface area contributed by atoms with E-state index in [2.05, 4.69) is 60.3 Å². The van der Waals surface area contributed by atoms with Crippen LogP contribution in [0.5, 0.6) is 0 Å². The van der Waals surface area contributed by atoms with Crippen LogP contribution in [-0.2, 0) is 0 Å². The largest absolute Gasteiger partial charge is 0.336 e. The lowest BCUT2D eigenvalue weighted by Crippen LogP contribution is -2.27. The molecule has 1 aliphatic carbocycles. The highest BCUT2D eigenvalue weighted by Crippen LogP contribution is 2.54. The first-order chi connectivity index (χ1) is 10.6. The zero-order valence-electron chi connectivity index (χ0n) is 12.8. The van der Waals surface area contributed by atoms with Crippen LogP contribution in [0.2, 0.25) is 5.02 Å². The summed E-state index contributed by atoms with van der Waals surface area (Å²) in [5, 5.41) is 0.813. The number of hydrogen-bond donors (Lipinski definition) is 0. The third-order valence-corrected chi connectivity index (χ3v) is 5.71. The summed E-state index contributed by atoms with van der Waals surface area (Å²) in [6, 6.07) is 15.5. The standard InChI is InChI=1S/C18H19ClN2S/c1-20(2)11-12-9-15(12)21-14-5-3-4-6-17(14)22-18-8-7-13(19)10-16(18)21/h3-8,10,12,15H,9,11H2,1-2H3. The molecule has 0 saturated heterocycles. The molecule has 1 saturated carbocycles. The van der Waals surface area contributed by atoms with Crippen molar-refractivity contribution in [2.24, 2.45) is 5.92 Å². The van der Waals surface area contributed by atoms with Crippen LogP contribution in [0.3, 0.4) is 0 Å². The molecule has 0 spiro atoms. The molecule has 2 aromatic rings. The molecule has 0 bridgehead atoms. The fraction of sp³-hybridized carbons (Fsp3) is 0.333. The van der Waals surface area contributed by atoms with Crippen molar-refractivity contribution in [3.63, 3.8) is 0 Å². The van der Waals surface area contributed by atoms with E-state index < -0.39 is 0 Å². The minimum Gasteiger partial charge on any atom is -0.336 e. The molecule has 2 atom stereocenters. The predicted octanol–water partition coefficient (Wildman–Crippen LogP) is 4.89. The van der Waals surface area contributed by atoms with Gasteiger partial charge in [0, 0.05) is 27.4 Å². The van der Waals surface area contributed by atoms with E-state index in [-0.39, 0.29) is 0 Å². The van der Waals surface area contributed by atoms with Crippen LogP contribution in [0.4, 0.5) is 11.4 Å². The Morgan fingerprint density at radius 2 is 1.91 bits per heavy atom. The zero-order chi connectivity index (χ0) is 15.3. The Kier molecular flexibility index (Phi) is 3.60. The molecule has 4 heteroatoms. The van der Waals surface area contributed by atoms with Gasteiger partial charge in [-0.25, -0.2) is 0 Å². The average Bonchev–Trinajstić information content (AvgIpc) is 3.22. The molecule has 2 aliphatic rings. The number of hydrogen-bond acceptors (Lipinski definition) is 3. The van der Waals surface area contributed by atoms with Crippen LogP contribution in [0.1, 0.15) is 6.42 Å². The van der Waals surface area contributed by atoms with Crippen molar-refractivity contribution < 1.29 is 0 Å². The van der Waals surface area contributed by atoms with Gasteiger partial charge in [0.2, 0.25) is 0 Å². The smallest absolute Gasteiger partial charge is 0.0570 e. The van der Waals surface area contributed by atoms with Crippen LogP contribution in [0.25, 0.3) is 0 Å². The van der Waals surface area contributed by atoms with Gasteiger partial charge in [-0.05, 0) is 56.8 Å². The lowest BCUT2D eigenvalue weighted by molar-refractivity contribution is 0.385. The number of nitrogens with zero attached hydrogens (tertiary/aromatic N) is 2. The Balaban J connectivity index is 1.75. The van der Waals surface area contributed by atoms with Gasteiger partial charge in [0.25, 0.3) is 0 Å². The predicted molar refractivity (Wildman–Crippen MR) is 94.6 cm³/mol. The first-order valence-corrected chi connectivity index (χ1v) is 8.83. The second-order valence-corrected chi connectivity index (χ2v) is 7.90. The summed E-state index contributed by atoms with van der Waals surface area (Å²) >= 11 is 8.12. The van der Waals surface area contributed by atoms with E-state index in [0.29, 0.717) is 6.04 Å². The number of halogens is 1. The summed E-state index contributed by atoms with van der Waals surface area (Å²) in [5.74, 6) is 0.734. The van der Waals surface area contributed by atoms with E-state index in [1.165, 1.54) is 27.6 Å². The molecule has 2 nitrogen and oxygen atoms in total. The van der Waals surface area contributed by atoms with Crippen molar-refractivity contribution in [2.75, 3.05) is 25.5 Å². The van der Waals surface area contributed by atoms with E-state index in [1.54, 1.807) is 0 Å². The summed E-state index contributed by atoms with van der Waals surface area (Å²) in [6.07, 6.45) is 1.25. The maximum absolute atomic E-state index is 6.27. The van der Waals surface area contributed by atoms with Crippen molar-refractivity contribution in [1.82, 2.24) is 4.90 Å². The van der Waals surface area contributed by atoms with Gasteiger partial charge in [-0.2, -0.15) is 0 Å². The molecular formula is C18H19ClN2S. The Morgan fingerprint density at radius 1 is 1.14 bits per heavy atom. The van der Waals surface area contributed by atoms with Crippen LogP contribution in [0.15, 0.2) is 52.3 Å². The van der Waals surface area contributed by atoms with Gasteiger partial charge in [-0.3, -0.25) is 0 Å². The third kappa shape index (κ3) is 2.51. The monoisotopic (exact) mass is 330 g/mol. The van der Waals surface area contributed by atoms with Crippen LogP contribution in [0, 0.1) is 5.92 Å². The van der Waals surface area contributed by atoms with Gasteiger partial charge in [0.1, 0.15) is 0 Å². The first-order valence-electron chi connectivity index (χ1n) is 7.64. The van der Waals surface area contributed by atoms with Crippen molar-refractivity contribution in [3.05, 3.63) is 47.5 Å². The first kappa shape index (κ1) is 14.4. The molecule has 0 aromatic heterocycles. The highest BCUT2D eigenvalue weighted by atomic mass is 35.5. The second kappa shape index (κ2) is 5.48. The van der Waals surface area contributed by atoms with E-state index in [9.17, 15) is 0 Å². The topological polar surface area (TPSA) is 6.48 Å². The Morgan fingerprint density at radius 3 is 2.73 bits per heavy atom. The van der Waals surface area contributed by atoms with Crippen molar-refractivity contribution >= 4 is 34.7 Å². The molecule has 4 rings (SSSR count). The van der Waals surface area contributed by atoms with E-state index in [1.807, 2.05) is 17.8 Å². The zero-order valence-corrected chi connectivity index (χ0v) is 14.4. The van der Waals surface area contributed by atoms with Crippen molar-refractivity contribution in [1.29, 1.82) is 0 Å². The van der Waals surface area contributed by atoms with Gasteiger partial charge in [-0.15, -0.1) is 0 Å². The lowest BCUT2D eigenvalue weighted by Gasteiger charge is -2.33. The quantitative estimate of drug-likeness (QED) is 0.791. The molecule has 2 aromatic carbocycles. The number of fused-ring (bicyclic) bond motifs is 2. The van der Waals surface area contributed by atoms with Gasteiger partial charge < -0.3 is 9.80 Å². The van der Waals surface area contributed by atoms with Gasteiger partial charge in [-0.1, -0.05) is 35.5 Å². The molecule has 0 radical (unpaired) electrons. The molecule has 22 heavy (non-hydrogen) atoms. The van der Waals surface area contributed by atoms with Crippen LogP contribution >= 0.6 is 23.4 Å². The van der Waals surface area contributed by atoms with Gasteiger partial charge in [0.15, 0.2) is 0 Å². The van der Waals surface area contributed by atoms with E-state index >= 15 is 0 Å². The van der Waals surface area contributed by atoms with E-state index in [0.717, 1.165) is 17.5 Å². The fourth-order valence-electron chi connectivity index (χ4n) is 3.33. The Labute approximate surface area is 141 Å². The number of anilines is 2. The minimum absolute atomic E-state index is 0.585. The fourth-order valence-corrected chi connectivity index (χ4v) is 4.54. The van der Waals surface area contributed by atoms with E-state index in [4.69, 9.17) is 11.6 Å². The SMILES string of the molecule is CN(C)CC1CC1N1c2ccccc2Sc2ccc(Cl)cc21. The van der Waals surface area contributed by atoms with Crippen LogP contribution < -0.4 is 4.90 Å². The van der Waals surface area contributed by atoms with Gasteiger partial charge >= 0.3 is 0 Å². The Bertz CT molecular complexity index is 716. The number of para-hydroxylation sites is 1. The molecule has 1 aliphatic heterocycles. The van der Waals surface area contributed by atoms with Crippen LogP contribution in [-0.4, -0.2) is 31.6 Å². The molecular weight excluding hydrogens is 312 g/mol. The summed E-state index contributed by atoms with van der Waals surface area (Å²) in [7, 11) is 4.31. The summed E-state index contributed by atoms with van der Waals surface area (Å²) in [6.45, 7) is 1.15. The second-order valence-electron chi connectivity index (χ2n) is 6.38. The van der Waals surface area contributed by atoms with Crippen molar-refractivity contribution in [2.45, 2.75) is 22.3 Å². The normalized spacial score (nSPS) is 22.5. The number of rotatable bonds is 3. The summed E-state index contributed by atoms with van der Waals surface area (Å²) in [5.41, 5.74) is 2.59. The number of benzene rings is 2. The molecule has 0 amide bonds. The van der Waals surface area contributed by atoms with Gasteiger partial charge in [0.05, 0.1) is 11.4 Å². The highest BCUT2D eigenvalue weighted by molar-refractivity contribution is 7.99. The highest BCUT2D eigenvalue weighted by Gasteiger charge is 2.44. The summed E-state index contributed by atoms with van der Waals surface area (Å²) < 4.78 is 0. The minimum atomic E-state index is 0.585. The molecule has 2 unspecified atom stereocenters.